The van der Waals surface area contributed by atoms with E-state index in [2.05, 4.69) is 10.00 Å². The number of nitrogens with two attached hydrogens (primary N) is 1. The third kappa shape index (κ3) is 3.12. The summed E-state index contributed by atoms with van der Waals surface area (Å²) in [5, 5.41) is 4.17. The number of rotatable bonds is 5. The normalized spacial score (nSPS) is 10.4. The number of para-hydroxylation sites is 1. The minimum atomic E-state index is 0.433. The van der Waals surface area contributed by atoms with Crippen LogP contribution in [0.1, 0.15) is 11.3 Å². The van der Waals surface area contributed by atoms with E-state index in [4.69, 9.17) is 18.0 Å². The monoisotopic (exact) mass is 274 g/mol. The van der Waals surface area contributed by atoms with Gasteiger partial charge < -0.3 is 10.6 Å². The van der Waals surface area contributed by atoms with Crippen LogP contribution in [0.2, 0.25) is 0 Å². The Kier molecular flexibility index (Phi) is 4.16. The quantitative estimate of drug-likeness (QED) is 0.844. The van der Waals surface area contributed by atoms with E-state index in [-0.39, 0.29) is 0 Å². The van der Waals surface area contributed by atoms with Crippen LogP contribution in [-0.4, -0.2) is 28.4 Å². The van der Waals surface area contributed by atoms with Crippen molar-refractivity contribution in [3.05, 3.63) is 47.8 Å². The van der Waals surface area contributed by atoms with E-state index in [9.17, 15) is 0 Å². The molecule has 19 heavy (non-hydrogen) atoms. The summed E-state index contributed by atoms with van der Waals surface area (Å²) < 4.78 is 1.90. The van der Waals surface area contributed by atoms with E-state index in [1.807, 2.05) is 55.3 Å². The summed E-state index contributed by atoms with van der Waals surface area (Å²) in [5.41, 5.74) is 8.95. The summed E-state index contributed by atoms with van der Waals surface area (Å²) in [5.74, 6) is 0. The van der Waals surface area contributed by atoms with Crippen LogP contribution in [0.25, 0.3) is 0 Å². The zero-order valence-corrected chi connectivity index (χ0v) is 12.0. The summed E-state index contributed by atoms with van der Waals surface area (Å²) in [4.78, 5) is 2.60. The molecule has 0 aliphatic carbocycles. The van der Waals surface area contributed by atoms with Crippen LogP contribution >= 0.6 is 12.2 Å². The predicted octanol–water partition coefficient (Wildman–Crippen LogP) is 1.73. The highest BCUT2D eigenvalue weighted by molar-refractivity contribution is 7.80. The molecule has 0 atom stereocenters. The van der Waals surface area contributed by atoms with Gasteiger partial charge in [-0.3, -0.25) is 4.68 Å². The second-order valence-electron chi connectivity index (χ2n) is 4.50. The Hall–Kier alpha value is -1.88. The zero-order valence-electron chi connectivity index (χ0n) is 11.2. The number of benzene rings is 1. The lowest BCUT2D eigenvalue weighted by Gasteiger charge is -2.22. The van der Waals surface area contributed by atoms with Gasteiger partial charge >= 0.3 is 0 Å². The topological polar surface area (TPSA) is 47.1 Å². The average Bonchev–Trinajstić information content (AvgIpc) is 2.81. The Labute approximate surface area is 118 Å². The maximum Gasteiger partial charge on any atom is 0.106 e. The summed E-state index contributed by atoms with van der Waals surface area (Å²) in [6, 6.07) is 9.98. The molecule has 0 saturated heterocycles. The number of nitrogens with zero attached hydrogens (tertiary/aromatic N) is 3. The standard InChI is InChI=1S/C14H18N4S/c1-17(10-8-11-7-9-16-18(11)2)13-6-4-3-5-12(13)14(15)19/h3-7,9H,8,10H2,1-2H3,(H2,15,19). The van der Waals surface area contributed by atoms with E-state index in [1.165, 1.54) is 5.69 Å². The molecule has 2 N–H and O–H groups in total. The molecule has 0 aliphatic rings. The summed E-state index contributed by atoms with van der Waals surface area (Å²) in [7, 11) is 4.01. The van der Waals surface area contributed by atoms with Crippen molar-refractivity contribution in [2.45, 2.75) is 6.42 Å². The number of hydrogen-bond acceptors (Lipinski definition) is 3. The van der Waals surface area contributed by atoms with Crippen LogP contribution in [0.5, 0.6) is 0 Å². The summed E-state index contributed by atoms with van der Waals surface area (Å²) in [6.45, 7) is 0.888. The maximum atomic E-state index is 5.76. The number of aryl methyl sites for hydroxylation is 1. The van der Waals surface area contributed by atoms with Gasteiger partial charge in [0.1, 0.15) is 4.99 Å². The number of thiocarbonyl (C=S) groups is 1. The van der Waals surface area contributed by atoms with E-state index in [0.717, 1.165) is 24.2 Å². The van der Waals surface area contributed by atoms with Gasteiger partial charge in [-0.25, -0.2) is 0 Å². The largest absolute Gasteiger partial charge is 0.389 e. The molecule has 0 spiro atoms. The number of hydrogen-bond donors (Lipinski definition) is 1. The van der Waals surface area contributed by atoms with Gasteiger partial charge in [-0.15, -0.1) is 0 Å². The van der Waals surface area contributed by atoms with Crippen LogP contribution in [0.15, 0.2) is 36.5 Å². The molecule has 0 radical (unpaired) electrons. The molecule has 0 aliphatic heterocycles. The molecule has 0 unspecified atom stereocenters. The van der Waals surface area contributed by atoms with Gasteiger partial charge in [0.05, 0.1) is 0 Å². The SMILES string of the molecule is CN(CCc1ccnn1C)c1ccccc1C(N)=S. The van der Waals surface area contributed by atoms with Crippen molar-refractivity contribution < 1.29 is 0 Å². The Morgan fingerprint density at radius 2 is 2.11 bits per heavy atom. The number of anilines is 1. The Balaban J connectivity index is 2.10. The van der Waals surface area contributed by atoms with Crippen LogP contribution in [0, 0.1) is 0 Å². The van der Waals surface area contributed by atoms with Crippen LogP contribution in [0.4, 0.5) is 5.69 Å². The fourth-order valence-corrected chi connectivity index (χ4v) is 2.24. The van der Waals surface area contributed by atoms with Crippen molar-refractivity contribution in [2.24, 2.45) is 12.8 Å². The van der Waals surface area contributed by atoms with Crippen molar-refractivity contribution in [3.8, 4) is 0 Å². The second kappa shape index (κ2) is 5.84. The molecular weight excluding hydrogens is 256 g/mol. The highest BCUT2D eigenvalue weighted by Gasteiger charge is 2.09. The molecule has 2 rings (SSSR count). The molecule has 0 amide bonds. The van der Waals surface area contributed by atoms with Crippen LogP contribution in [-0.2, 0) is 13.5 Å². The molecule has 1 aromatic carbocycles. The highest BCUT2D eigenvalue weighted by atomic mass is 32.1. The van der Waals surface area contributed by atoms with Gasteiger partial charge in [-0.1, -0.05) is 24.4 Å². The Morgan fingerprint density at radius 1 is 1.37 bits per heavy atom. The lowest BCUT2D eigenvalue weighted by molar-refractivity contribution is 0.699. The lowest BCUT2D eigenvalue weighted by Crippen LogP contribution is -2.24. The first-order valence-electron chi connectivity index (χ1n) is 6.16. The predicted molar refractivity (Wildman–Crippen MR) is 82.5 cm³/mol. The Bertz CT molecular complexity index is 576. The Morgan fingerprint density at radius 3 is 2.74 bits per heavy atom. The first-order chi connectivity index (χ1) is 9.09. The molecule has 100 valence electrons. The van der Waals surface area contributed by atoms with Crippen molar-refractivity contribution in [1.29, 1.82) is 0 Å². The molecule has 2 aromatic rings. The minimum Gasteiger partial charge on any atom is -0.389 e. The molecule has 1 heterocycles. The molecule has 1 aromatic heterocycles. The van der Waals surface area contributed by atoms with Crippen LogP contribution < -0.4 is 10.6 Å². The zero-order chi connectivity index (χ0) is 13.8. The fraction of sp³-hybridized carbons (Fsp3) is 0.286. The van der Waals surface area contributed by atoms with Crippen LogP contribution in [0.3, 0.4) is 0 Å². The van der Waals surface area contributed by atoms with Crippen molar-refractivity contribution in [2.75, 3.05) is 18.5 Å². The molecule has 0 fully saturated rings. The minimum absolute atomic E-state index is 0.433. The first-order valence-corrected chi connectivity index (χ1v) is 6.57. The third-order valence-electron chi connectivity index (χ3n) is 3.21. The van der Waals surface area contributed by atoms with Gasteiger partial charge in [0.2, 0.25) is 0 Å². The van der Waals surface area contributed by atoms with Gasteiger partial charge in [0.25, 0.3) is 0 Å². The molecule has 0 saturated carbocycles. The van der Waals surface area contributed by atoms with E-state index in [0.29, 0.717) is 4.99 Å². The third-order valence-corrected chi connectivity index (χ3v) is 3.43. The van der Waals surface area contributed by atoms with Gasteiger partial charge in [0.15, 0.2) is 0 Å². The number of likely N-dealkylation sites (N-methyl/N-ethyl adjacent to an activating group) is 1. The molecule has 5 heteroatoms. The second-order valence-corrected chi connectivity index (χ2v) is 4.94. The molecule has 0 bridgehead atoms. The number of aromatic nitrogens is 2. The van der Waals surface area contributed by atoms with E-state index in [1.54, 1.807) is 0 Å². The van der Waals surface area contributed by atoms with Gasteiger partial charge in [0, 0.05) is 50.2 Å². The summed E-state index contributed by atoms with van der Waals surface area (Å²) >= 11 is 5.09. The summed E-state index contributed by atoms with van der Waals surface area (Å²) in [6.07, 6.45) is 2.75. The van der Waals surface area contributed by atoms with Crippen molar-refractivity contribution >= 4 is 22.9 Å². The van der Waals surface area contributed by atoms with E-state index < -0.39 is 0 Å². The molecule has 4 nitrogen and oxygen atoms in total. The maximum absolute atomic E-state index is 5.76. The van der Waals surface area contributed by atoms with Crippen molar-refractivity contribution in [1.82, 2.24) is 9.78 Å². The smallest absolute Gasteiger partial charge is 0.106 e. The van der Waals surface area contributed by atoms with E-state index >= 15 is 0 Å². The highest BCUT2D eigenvalue weighted by Crippen LogP contribution is 2.19. The fourth-order valence-electron chi connectivity index (χ4n) is 2.06. The lowest BCUT2D eigenvalue weighted by atomic mass is 10.1. The molecular formula is C14H18N4S. The first kappa shape index (κ1) is 13.5. The van der Waals surface area contributed by atoms with Crippen molar-refractivity contribution in [3.63, 3.8) is 0 Å². The average molecular weight is 274 g/mol. The van der Waals surface area contributed by atoms with Gasteiger partial charge in [-0.2, -0.15) is 5.10 Å². The van der Waals surface area contributed by atoms with Gasteiger partial charge in [-0.05, 0) is 18.2 Å².